The fraction of sp³-hybridized carbons (Fsp3) is 0.133. The van der Waals surface area contributed by atoms with Gasteiger partial charge in [0, 0.05) is 7.05 Å². The van der Waals surface area contributed by atoms with Crippen LogP contribution in [0.5, 0.6) is 5.75 Å². The zero-order valence-corrected chi connectivity index (χ0v) is 13.0. The van der Waals surface area contributed by atoms with Crippen molar-refractivity contribution < 1.29 is 4.74 Å². The van der Waals surface area contributed by atoms with Gasteiger partial charge < -0.3 is 9.30 Å². The minimum absolute atomic E-state index is 0.683. The molecule has 4 rings (SSSR count). The predicted molar refractivity (Wildman–Crippen MR) is 85.6 cm³/mol. The number of aryl methyl sites for hydroxylation is 1. The van der Waals surface area contributed by atoms with E-state index < -0.39 is 0 Å². The Morgan fingerprint density at radius 2 is 1.71 bits per heavy atom. The largest absolute Gasteiger partial charge is 0.493 e. The Bertz CT molecular complexity index is 1010. The fourth-order valence-corrected chi connectivity index (χ4v) is 3.22. The standard InChI is InChI=1S/C15H11BrN4O/c1-20-7-17-13-14(20)12-11(10(16)15(13)21-2)18-8-5-3-4-6-9(8)19-12/h3-7H,1-2H3. The molecule has 4 aromatic rings. The molecule has 0 saturated heterocycles. The lowest BCUT2D eigenvalue weighted by Gasteiger charge is -2.09. The minimum atomic E-state index is 0.683. The summed E-state index contributed by atoms with van der Waals surface area (Å²) in [6, 6.07) is 7.83. The Morgan fingerprint density at radius 1 is 1.05 bits per heavy atom. The topological polar surface area (TPSA) is 52.8 Å². The van der Waals surface area contributed by atoms with Gasteiger partial charge in [0.1, 0.15) is 16.6 Å². The Kier molecular flexibility index (Phi) is 2.62. The van der Waals surface area contributed by atoms with Gasteiger partial charge in [-0.2, -0.15) is 0 Å². The number of nitrogens with zero attached hydrogens (tertiary/aromatic N) is 4. The van der Waals surface area contributed by atoms with Crippen molar-refractivity contribution in [1.29, 1.82) is 0 Å². The van der Waals surface area contributed by atoms with Gasteiger partial charge in [0.15, 0.2) is 5.75 Å². The van der Waals surface area contributed by atoms with E-state index >= 15 is 0 Å². The smallest absolute Gasteiger partial charge is 0.163 e. The second kappa shape index (κ2) is 4.39. The summed E-state index contributed by atoms with van der Waals surface area (Å²) in [5.41, 5.74) is 5.02. The number of fused-ring (bicyclic) bond motifs is 4. The molecule has 2 heterocycles. The highest BCUT2D eigenvalue weighted by atomic mass is 79.9. The number of para-hydroxylation sites is 2. The monoisotopic (exact) mass is 342 g/mol. The van der Waals surface area contributed by atoms with Crippen LogP contribution in [0, 0.1) is 0 Å². The van der Waals surface area contributed by atoms with Crippen molar-refractivity contribution in [3.63, 3.8) is 0 Å². The molecule has 0 radical (unpaired) electrons. The maximum Gasteiger partial charge on any atom is 0.163 e. The summed E-state index contributed by atoms with van der Waals surface area (Å²) in [4.78, 5) is 13.9. The van der Waals surface area contributed by atoms with E-state index in [-0.39, 0.29) is 0 Å². The third-order valence-electron chi connectivity index (χ3n) is 3.56. The number of imidazole rings is 1. The van der Waals surface area contributed by atoms with Gasteiger partial charge in [0.2, 0.25) is 0 Å². The highest BCUT2D eigenvalue weighted by Crippen LogP contribution is 2.39. The number of ether oxygens (including phenoxy) is 1. The van der Waals surface area contributed by atoms with Crippen LogP contribution in [-0.2, 0) is 7.05 Å². The number of hydrogen-bond acceptors (Lipinski definition) is 4. The van der Waals surface area contributed by atoms with Crippen LogP contribution in [0.1, 0.15) is 0 Å². The van der Waals surface area contributed by atoms with Crippen LogP contribution in [0.3, 0.4) is 0 Å². The van der Waals surface area contributed by atoms with Gasteiger partial charge in [-0.05, 0) is 28.1 Å². The van der Waals surface area contributed by atoms with E-state index in [1.807, 2.05) is 35.9 Å². The van der Waals surface area contributed by atoms with Crippen molar-refractivity contribution in [2.24, 2.45) is 7.05 Å². The van der Waals surface area contributed by atoms with Crippen LogP contribution in [0.25, 0.3) is 33.1 Å². The number of methoxy groups -OCH3 is 1. The molecule has 21 heavy (non-hydrogen) atoms. The van der Waals surface area contributed by atoms with Crippen LogP contribution in [0.15, 0.2) is 35.1 Å². The zero-order valence-electron chi connectivity index (χ0n) is 11.5. The van der Waals surface area contributed by atoms with E-state index in [4.69, 9.17) is 14.7 Å². The van der Waals surface area contributed by atoms with Gasteiger partial charge in [0.05, 0.1) is 34.5 Å². The molecule has 0 bridgehead atoms. The molecule has 0 aliphatic rings. The molecule has 0 amide bonds. The van der Waals surface area contributed by atoms with Crippen LogP contribution < -0.4 is 4.74 Å². The van der Waals surface area contributed by atoms with Crippen molar-refractivity contribution in [1.82, 2.24) is 19.5 Å². The summed E-state index contributed by atoms with van der Waals surface area (Å²) < 4.78 is 8.22. The van der Waals surface area contributed by atoms with Crippen LogP contribution in [0.4, 0.5) is 0 Å². The molecule has 0 spiro atoms. The molecule has 0 aliphatic heterocycles. The van der Waals surface area contributed by atoms with E-state index in [1.165, 1.54) is 0 Å². The Hall–Kier alpha value is -2.21. The summed E-state index contributed by atoms with van der Waals surface area (Å²) in [5, 5.41) is 0. The lowest BCUT2D eigenvalue weighted by Crippen LogP contribution is -1.96. The van der Waals surface area contributed by atoms with Crippen molar-refractivity contribution in [3.8, 4) is 5.75 Å². The molecular formula is C15H11BrN4O. The normalized spacial score (nSPS) is 11.6. The number of hydrogen-bond donors (Lipinski definition) is 0. The quantitative estimate of drug-likeness (QED) is 0.497. The first-order valence-electron chi connectivity index (χ1n) is 6.43. The molecule has 0 saturated carbocycles. The molecule has 0 aliphatic carbocycles. The van der Waals surface area contributed by atoms with E-state index in [0.29, 0.717) is 5.75 Å². The third-order valence-corrected chi connectivity index (χ3v) is 4.29. The fourth-order valence-electron chi connectivity index (χ4n) is 2.59. The van der Waals surface area contributed by atoms with Crippen LogP contribution in [0.2, 0.25) is 0 Å². The van der Waals surface area contributed by atoms with Crippen LogP contribution in [-0.4, -0.2) is 26.6 Å². The Labute approximate surface area is 128 Å². The zero-order chi connectivity index (χ0) is 14.6. The first-order chi connectivity index (χ1) is 10.2. The highest BCUT2D eigenvalue weighted by molar-refractivity contribution is 9.10. The SMILES string of the molecule is COc1c(Br)c2nc3ccccc3nc2c2c1ncn2C. The van der Waals surface area contributed by atoms with Crippen molar-refractivity contribution in [2.45, 2.75) is 0 Å². The van der Waals surface area contributed by atoms with Gasteiger partial charge in [-0.25, -0.2) is 15.0 Å². The Balaban J connectivity index is 2.33. The summed E-state index contributed by atoms with van der Waals surface area (Å²) in [7, 11) is 3.58. The summed E-state index contributed by atoms with van der Waals surface area (Å²) in [6.45, 7) is 0. The second-order valence-corrected chi connectivity index (χ2v) is 5.60. The van der Waals surface area contributed by atoms with Crippen molar-refractivity contribution >= 4 is 49.0 Å². The van der Waals surface area contributed by atoms with E-state index in [9.17, 15) is 0 Å². The second-order valence-electron chi connectivity index (χ2n) is 4.81. The number of halogens is 1. The summed E-state index contributed by atoms with van der Waals surface area (Å²) >= 11 is 3.58. The molecule has 5 nitrogen and oxygen atoms in total. The van der Waals surface area contributed by atoms with Gasteiger partial charge >= 0.3 is 0 Å². The minimum Gasteiger partial charge on any atom is -0.493 e. The highest BCUT2D eigenvalue weighted by Gasteiger charge is 2.19. The maximum absolute atomic E-state index is 5.50. The number of aromatic nitrogens is 4. The third kappa shape index (κ3) is 1.65. The van der Waals surface area contributed by atoms with Crippen molar-refractivity contribution in [2.75, 3.05) is 7.11 Å². The lowest BCUT2D eigenvalue weighted by atomic mass is 10.2. The molecule has 0 N–H and O–H groups in total. The average Bonchev–Trinajstić information content (AvgIpc) is 2.88. The van der Waals surface area contributed by atoms with E-state index in [1.54, 1.807) is 13.4 Å². The molecule has 2 aromatic carbocycles. The molecule has 0 unspecified atom stereocenters. The maximum atomic E-state index is 5.50. The summed E-state index contributed by atoms with van der Waals surface area (Å²) in [6.07, 6.45) is 1.76. The Morgan fingerprint density at radius 3 is 2.38 bits per heavy atom. The van der Waals surface area contributed by atoms with Crippen molar-refractivity contribution in [3.05, 3.63) is 35.1 Å². The van der Waals surface area contributed by atoms with Gasteiger partial charge in [-0.3, -0.25) is 0 Å². The number of rotatable bonds is 1. The predicted octanol–water partition coefficient (Wildman–Crippen LogP) is 3.44. The van der Waals surface area contributed by atoms with Gasteiger partial charge in [0.25, 0.3) is 0 Å². The molecule has 2 aromatic heterocycles. The van der Waals surface area contributed by atoms with E-state index in [2.05, 4.69) is 20.9 Å². The van der Waals surface area contributed by atoms with E-state index in [0.717, 1.165) is 37.6 Å². The lowest BCUT2D eigenvalue weighted by molar-refractivity contribution is 0.417. The molecule has 6 heteroatoms. The van der Waals surface area contributed by atoms with Crippen LogP contribution >= 0.6 is 15.9 Å². The molecule has 0 atom stereocenters. The van der Waals surface area contributed by atoms with Gasteiger partial charge in [-0.1, -0.05) is 12.1 Å². The first kappa shape index (κ1) is 12.5. The molecule has 104 valence electrons. The molecular weight excluding hydrogens is 332 g/mol. The summed E-state index contributed by atoms with van der Waals surface area (Å²) in [5.74, 6) is 0.683. The first-order valence-corrected chi connectivity index (χ1v) is 7.23. The molecule has 0 fully saturated rings. The number of benzene rings is 2. The average molecular weight is 343 g/mol. The van der Waals surface area contributed by atoms with Gasteiger partial charge in [-0.15, -0.1) is 0 Å².